The first-order valence-corrected chi connectivity index (χ1v) is 4.81. The molecule has 1 aromatic rings. The van der Waals surface area contributed by atoms with Gasteiger partial charge >= 0.3 is 0 Å². The first-order valence-electron chi connectivity index (χ1n) is 4.05. The van der Waals surface area contributed by atoms with Gasteiger partial charge < -0.3 is 4.74 Å². The van der Waals surface area contributed by atoms with Gasteiger partial charge in [0.2, 0.25) is 0 Å². The van der Waals surface area contributed by atoms with Crippen molar-refractivity contribution < 1.29 is 9.53 Å². The van der Waals surface area contributed by atoms with Crippen molar-refractivity contribution in [3.63, 3.8) is 0 Å². The fraction of sp³-hybridized carbons (Fsp3) is 0.300. The molecule has 0 saturated heterocycles. The van der Waals surface area contributed by atoms with E-state index in [0.29, 0.717) is 22.1 Å². The van der Waals surface area contributed by atoms with Crippen molar-refractivity contribution in [3.8, 4) is 5.75 Å². The summed E-state index contributed by atoms with van der Waals surface area (Å²) in [6.45, 7) is 3.28. The van der Waals surface area contributed by atoms with Crippen LogP contribution in [0, 0.1) is 0 Å². The molecule has 0 atom stereocenters. The smallest absolute Gasteiger partial charge is 0.162 e. The number of benzene rings is 1. The fourth-order valence-electron chi connectivity index (χ4n) is 0.867. The first-order chi connectivity index (χ1) is 6.46. The summed E-state index contributed by atoms with van der Waals surface area (Å²) in [4.78, 5) is 10.6. The number of carbonyl (C=O) groups is 1. The molecule has 0 N–H and O–H groups in total. The van der Waals surface area contributed by atoms with Crippen molar-refractivity contribution in [2.75, 3.05) is 0 Å². The minimum atomic E-state index is -0.922. The lowest BCUT2D eigenvalue weighted by atomic mass is 10.2. The standard InChI is InChI=1S/C10H10Cl2O2/c1-10(2,6-13)14-9-7(11)4-3-5-8(9)12/h3-6H,1-2H3. The normalized spacial score (nSPS) is 11.1. The SMILES string of the molecule is CC(C)(C=O)Oc1c(Cl)cccc1Cl. The zero-order valence-corrected chi connectivity index (χ0v) is 9.39. The number of rotatable bonds is 3. The van der Waals surface area contributed by atoms with Crippen molar-refractivity contribution in [2.24, 2.45) is 0 Å². The molecular formula is C10H10Cl2O2. The van der Waals surface area contributed by atoms with Gasteiger partial charge in [0.1, 0.15) is 0 Å². The Labute approximate surface area is 92.8 Å². The average Bonchev–Trinajstić information content (AvgIpc) is 2.12. The lowest BCUT2D eigenvalue weighted by molar-refractivity contribution is -0.118. The van der Waals surface area contributed by atoms with E-state index in [9.17, 15) is 4.79 Å². The van der Waals surface area contributed by atoms with Gasteiger partial charge in [-0.3, -0.25) is 4.79 Å². The van der Waals surface area contributed by atoms with Crippen molar-refractivity contribution in [2.45, 2.75) is 19.4 Å². The van der Waals surface area contributed by atoms with Gasteiger partial charge in [-0.25, -0.2) is 0 Å². The van der Waals surface area contributed by atoms with E-state index in [1.54, 1.807) is 32.0 Å². The summed E-state index contributed by atoms with van der Waals surface area (Å²) in [5.74, 6) is 0.341. The van der Waals surface area contributed by atoms with E-state index in [0.717, 1.165) is 0 Å². The number of hydrogen-bond acceptors (Lipinski definition) is 2. The van der Waals surface area contributed by atoms with Crippen LogP contribution >= 0.6 is 23.2 Å². The monoisotopic (exact) mass is 232 g/mol. The number of carbonyl (C=O) groups excluding carboxylic acids is 1. The largest absolute Gasteiger partial charge is 0.477 e. The maximum absolute atomic E-state index is 10.6. The predicted molar refractivity (Wildman–Crippen MR) is 57.2 cm³/mol. The van der Waals surface area contributed by atoms with Crippen molar-refractivity contribution in [3.05, 3.63) is 28.2 Å². The minimum Gasteiger partial charge on any atom is -0.477 e. The van der Waals surface area contributed by atoms with E-state index in [1.165, 1.54) is 0 Å². The summed E-state index contributed by atoms with van der Waals surface area (Å²) in [6, 6.07) is 5.03. The molecule has 4 heteroatoms. The van der Waals surface area contributed by atoms with E-state index in [1.807, 2.05) is 0 Å². The summed E-state index contributed by atoms with van der Waals surface area (Å²) in [7, 11) is 0. The van der Waals surface area contributed by atoms with Crippen LogP contribution in [-0.4, -0.2) is 11.9 Å². The van der Waals surface area contributed by atoms with Gasteiger partial charge in [-0.2, -0.15) is 0 Å². The fourth-order valence-corrected chi connectivity index (χ4v) is 1.34. The molecule has 0 radical (unpaired) electrons. The Hall–Kier alpha value is -0.730. The molecular weight excluding hydrogens is 223 g/mol. The molecule has 2 nitrogen and oxygen atoms in total. The third kappa shape index (κ3) is 2.63. The summed E-state index contributed by atoms with van der Waals surface area (Å²) in [6.07, 6.45) is 0.701. The Balaban J connectivity index is 3.02. The molecule has 0 unspecified atom stereocenters. The second-order valence-electron chi connectivity index (χ2n) is 3.37. The average molecular weight is 233 g/mol. The van der Waals surface area contributed by atoms with Crippen molar-refractivity contribution in [1.29, 1.82) is 0 Å². The van der Waals surface area contributed by atoms with E-state index < -0.39 is 5.60 Å². The highest BCUT2D eigenvalue weighted by Gasteiger charge is 2.21. The highest BCUT2D eigenvalue weighted by Crippen LogP contribution is 2.34. The molecule has 0 bridgehead atoms. The molecule has 0 heterocycles. The van der Waals surface area contributed by atoms with Gasteiger partial charge in [-0.1, -0.05) is 29.3 Å². The lowest BCUT2D eigenvalue weighted by Gasteiger charge is -2.21. The Kier molecular flexibility index (Phi) is 3.40. The molecule has 0 aliphatic carbocycles. The molecule has 0 aliphatic heterocycles. The summed E-state index contributed by atoms with van der Waals surface area (Å²) in [5.41, 5.74) is -0.922. The quantitative estimate of drug-likeness (QED) is 0.748. The Bertz CT molecular complexity index is 328. The highest BCUT2D eigenvalue weighted by atomic mass is 35.5. The Morgan fingerprint density at radius 3 is 2.21 bits per heavy atom. The van der Waals surface area contributed by atoms with Crippen LogP contribution in [0.1, 0.15) is 13.8 Å². The summed E-state index contributed by atoms with van der Waals surface area (Å²) < 4.78 is 5.38. The van der Waals surface area contributed by atoms with E-state index in [4.69, 9.17) is 27.9 Å². The van der Waals surface area contributed by atoms with Gasteiger partial charge in [0.05, 0.1) is 10.0 Å². The van der Waals surface area contributed by atoms with Crippen LogP contribution in [0.25, 0.3) is 0 Å². The molecule has 14 heavy (non-hydrogen) atoms. The van der Waals surface area contributed by atoms with Crippen molar-refractivity contribution >= 4 is 29.5 Å². The topological polar surface area (TPSA) is 26.3 Å². The minimum absolute atomic E-state index is 0.341. The van der Waals surface area contributed by atoms with E-state index in [2.05, 4.69) is 0 Å². The molecule has 76 valence electrons. The van der Waals surface area contributed by atoms with Gasteiger partial charge in [0.25, 0.3) is 0 Å². The lowest BCUT2D eigenvalue weighted by Crippen LogP contribution is -2.29. The van der Waals surface area contributed by atoms with Crippen LogP contribution < -0.4 is 4.74 Å². The summed E-state index contributed by atoms with van der Waals surface area (Å²) in [5, 5.41) is 0.792. The molecule has 0 amide bonds. The number of para-hydroxylation sites is 1. The van der Waals surface area contributed by atoms with Crippen LogP contribution in [-0.2, 0) is 4.79 Å². The van der Waals surface area contributed by atoms with Crippen molar-refractivity contribution in [1.82, 2.24) is 0 Å². The number of aldehydes is 1. The van der Waals surface area contributed by atoms with Crippen LogP contribution in [0.15, 0.2) is 18.2 Å². The molecule has 1 rings (SSSR count). The summed E-state index contributed by atoms with van der Waals surface area (Å²) >= 11 is 11.7. The molecule has 1 aromatic carbocycles. The van der Waals surface area contributed by atoms with Gasteiger partial charge in [0, 0.05) is 0 Å². The molecule has 0 aliphatic rings. The van der Waals surface area contributed by atoms with Gasteiger partial charge in [-0.15, -0.1) is 0 Å². The van der Waals surface area contributed by atoms with Gasteiger partial charge in [-0.05, 0) is 26.0 Å². The zero-order chi connectivity index (χ0) is 10.8. The van der Waals surface area contributed by atoms with E-state index in [-0.39, 0.29) is 0 Å². The second-order valence-corrected chi connectivity index (χ2v) is 4.19. The molecule has 0 saturated carbocycles. The maximum Gasteiger partial charge on any atom is 0.162 e. The predicted octanol–water partition coefficient (Wildman–Crippen LogP) is 3.35. The zero-order valence-electron chi connectivity index (χ0n) is 7.88. The third-order valence-corrected chi connectivity index (χ3v) is 2.16. The van der Waals surface area contributed by atoms with Crippen LogP contribution in [0.3, 0.4) is 0 Å². The highest BCUT2D eigenvalue weighted by molar-refractivity contribution is 6.37. The Morgan fingerprint density at radius 1 is 1.29 bits per heavy atom. The first kappa shape index (κ1) is 11.3. The van der Waals surface area contributed by atoms with Crippen LogP contribution in [0.4, 0.5) is 0 Å². The maximum atomic E-state index is 10.6. The Morgan fingerprint density at radius 2 is 1.79 bits per heavy atom. The third-order valence-electron chi connectivity index (χ3n) is 1.57. The van der Waals surface area contributed by atoms with Crippen LogP contribution in [0.2, 0.25) is 10.0 Å². The number of ether oxygens (including phenoxy) is 1. The van der Waals surface area contributed by atoms with E-state index >= 15 is 0 Å². The second kappa shape index (κ2) is 4.20. The van der Waals surface area contributed by atoms with Gasteiger partial charge in [0.15, 0.2) is 17.6 Å². The number of halogens is 2. The number of hydrogen-bond donors (Lipinski definition) is 0. The molecule has 0 spiro atoms. The molecule has 0 fully saturated rings. The molecule has 0 aromatic heterocycles. The van der Waals surface area contributed by atoms with Crippen LogP contribution in [0.5, 0.6) is 5.75 Å².